The molecule has 26 heavy (non-hydrogen) atoms. The molecule has 1 amide bonds. The van der Waals surface area contributed by atoms with Gasteiger partial charge in [0.1, 0.15) is 17.7 Å². The Labute approximate surface area is 156 Å². The van der Waals surface area contributed by atoms with Gasteiger partial charge in [-0.3, -0.25) is 4.79 Å². The van der Waals surface area contributed by atoms with Crippen LogP contribution < -0.4 is 10.1 Å². The third-order valence-electron chi connectivity index (χ3n) is 5.76. The lowest BCUT2D eigenvalue weighted by Crippen LogP contribution is -2.40. The van der Waals surface area contributed by atoms with E-state index in [-0.39, 0.29) is 17.8 Å². The van der Waals surface area contributed by atoms with Crippen LogP contribution in [0.1, 0.15) is 51.9 Å². The molecule has 0 spiro atoms. The standard InChI is InChI=1S/C21H31FN2O2/c1-16(25)23-19-6-2-17(3-7-19)10-13-24-14-11-21(12-15-24)26-20-8-4-18(22)5-9-20/h4-5,8-9,17,19,21H,2-3,6-7,10-15H2,1H3,(H,23,25). The molecular weight excluding hydrogens is 331 g/mol. The Hall–Kier alpha value is -1.62. The largest absolute Gasteiger partial charge is 0.490 e. The van der Waals surface area contributed by atoms with Crippen molar-refractivity contribution in [3.05, 3.63) is 30.1 Å². The monoisotopic (exact) mass is 362 g/mol. The lowest BCUT2D eigenvalue weighted by atomic mass is 9.84. The summed E-state index contributed by atoms with van der Waals surface area (Å²) in [5, 5.41) is 3.05. The molecule has 1 saturated heterocycles. The van der Waals surface area contributed by atoms with Crippen molar-refractivity contribution in [3.63, 3.8) is 0 Å². The summed E-state index contributed by atoms with van der Waals surface area (Å²) in [5.74, 6) is 1.44. The number of halogens is 1. The van der Waals surface area contributed by atoms with E-state index in [1.165, 1.54) is 37.9 Å². The molecule has 2 aliphatic rings. The van der Waals surface area contributed by atoms with Crippen LogP contribution in [0.5, 0.6) is 5.75 Å². The van der Waals surface area contributed by atoms with Crippen LogP contribution in [-0.4, -0.2) is 42.6 Å². The molecule has 1 aromatic carbocycles. The summed E-state index contributed by atoms with van der Waals surface area (Å²) in [6.07, 6.45) is 8.28. The predicted molar refractivity (Wildman–Crippen MR) is 101 cm³/mol. The summed E-state index contributed by atoms with van der Waals surface area (Å²) in [5.41, 5.74) is 0. The van der Waals surface area contributed by atoms with Gasteiger partial charge in [-0.25, -0.2) is 4.39 Å². The zero-order chi connectivity index (χ0) is 18.4. The number of amides is 1. The Morgan fingerprint density at radius 2 is 1.77 bits per heavy atom. The minimum atomic E-state index is -0.224. The highest BCUT2D eigenvalue weighted by atomic mass is 19.1. The highest BCUT2D eigenvalue weighted by Crippen LogP contribution is 2.28. The number of carbonyl (C=O) groups is 1. The predicted octanol–water partition coefficient (Wildman–Crippen LogP) is 3.75. The van der Waals surface area contributed by atoms with Gasteiger partial charge in [-0.2, -0.15) is 0 Å². The van der Waals surface area contributed by atoms with Gasteiger partial charge in [0.25, 0.3) is 0 Å². The maximum atomic E-state index is 13.0. The zero-order valence-electron chi connectivity index (χ0n) is 15.8. The number of hydrogen-bond donors (Lipinski definition) is 1. The Morgan fingerprint density at radius 1 is 1.12 bits per heavy atom. The number of likely N-dealkylation sites (tertiary alicyclic amines) is 1. The quantitative estimate of drug-likeness (QED) is 0.838. The van der Waals surface area contributed by atoms with E-state index in [9.17, 15) is 9.18 Å². The van der Waals surface area contributed by atoms with E-state index < -0.39 is 0 Å². The van der Waals surface area contributed by atoms with Crippen molar-refractivity contribution in [2.24, 2.45) is 5.92 Å². The van der Waals surface area contributed by atoms with E-state index >= 15 is 0 Å². The third-order valence-corrected chi connectivity index (χ3v) is 5.76. The number of carbonyl (C=O) groups excluding carboxylic acids is 1. The SMILES string of the molecule is CC(=O)NC1CCC(CCN2CCC(Oc3ccc(F)cc3)CC2)CC1. The highest BCUT2D eigenvalue weighted by molar-refractivity contribution is 5.73. The van der Waals surface area contributed by atoms with Crippen LogP contribution in [0.15, 0.2) is 24.3 Å². The first-order valence-electron chi connectivity index (χ1n) is 10.00. The average molecular weight is 362 g/mol. The molecule has 0 atom stereocenters. The van der Waals surface area contributed by atoms with Gasteiger partial charge in [0, 0.05) is 26.1 Å². The second-order valence-electron chi connectivity index (χ2n) is 7.82. The van der Waals surface area contributed by atoms with E-state index in [0.717, 1.165) is 50.4 Å². The minimum Gasteiger partial charge on any atom is -0.490 e. The van der Waals surface area contributed by atoms with E-state index in [1.807, 2.05) is 0 Å². The number of benzene rings is 1. The van der Waals surface area contributed by atoms with Crippen LogP contribution >= 0.6 is 0 Å². The maximum absolute atomic E-state index is 13.0. The molecule has 4 nitrogen and oxygen atoms in total. The van der Waals surface area contributed by atoms with E-state index in [0.29, 0.717) is 6.04 Å². The molecule has 1 aromatic rings. The summed E-state index contributed by atoms with van der Waals surface area (Å²) in [6.45, 7) is 4.93. The van der Waals surface area contributed by atoms with Crippen molar-refractivity contribution in [1.29, 1.82) is 0 Å². The van der Waals surface area contributed by atoms with Crippen LogP contribution in [0.2, 0.25) is 0 Å². The third kappa shape index (κ3) is 5.97. The Balaban J connectivity index is 1.31. The van der Waals surface area contributed by atoms with Gasteiger partial charge in [-0.15, -0.1) is 0 Å². The van der Waals surface area contributed by atoms with Crippen molar-refractivity contribution >= 4 is 5.91 Å². The lowest BCUT2D eigenvalue weighted by Gasteiger charge is -2.34. The molecule has 1 heterocycles. The summed E-state index contributed by atoms with van der Waals surface area (Å²) in [4.78, 5) is 13.7. The van der Waals surface area contributed by atoms with Crippen molar-refractivity contribution in [1.82, 2.24) is 10.2 Å². The summed E-state index contributed by atoms with van der Waals surface area (Å²) in [7, 11) is 0. The number of piperidine rings is 1. The van der Waals surface area contributed by atoms with Gasteiger partial charge >= 0.3 is 0 Å². The van der Waals surface area contributed by atoms with Crippen molar-refractivity contribution in [3.8, 4) is 5.75 Å². The van der Waals surface area contributed by atoms with Gasteiger partial charge in [0.05, 0.1) is 0 Å². The minimum absolute atomic E-state index is 0.0965. The molecule has 0 radical (unpaired) electrons. The Bertz CT molecular complexity index is 562. The Kier molecular flexibility index (Phi) is 6.89. The molecule has 3 rings (SSSR count). The molecular formula is C21H31FN2O2. The molecule has 1 N–H and O–H groups in total. The van der Waals surface area contributed by atoms with Crippen molar-refractivity contribution in [2.45, 2.75) is 64.0 Å². The first-order chi connectivity index (χ1) is 12.6. The molecule has 0 bridgehead atoms. The fourth-order valence-electron chi connectivity index (χ4n) is 4.20. The van der Waals surface area contributed by atoms with Gasteiger partial charge in [-0.05, 0) is 81.7 Å². The number of nitrogens with one attached hydrogen (secondary N) is 1. The van der Waals surface area contributed by atoms with Crippen LogP contribution in [-0.2, 0) is 4.79 Å². The van der Waals surface area contributed by atoms with Gasteiger partial charge in [0.15, 0.2) is 0 Å². The van der Waals surface area contributed by atoms with Crippen LogP contribution in [0.4, 0.5) is 4.39 Å². The van der Waals surface area contributed by atoms with E-state index in [1.54, 1.807) is 19.1 Å². The molecule has 1 aliphatic carbocycles. The van der Waals surface area contributed by atoms with Crippen LogP contribution in [0.3, 0.4) is 0 Å². The molecule has 2 fully saturated rings. The topological polar surface area (TPSA) is 41.6 Å². The van der Waals surface area contributed by atoms with Gasteiger partial charge < -0.3 is 15.0 Å². The second kappa shape index (κ2) is 9.36. The van der Waals surface area contributed by atoms with Gasteiger partial charge in [0.2, 0.25) is 5.91 Å². The fourth-order valence-corrected chi connectivity index (χ4v) is 4.20. The fraction of sp³-hybridized carbons (Fsp3) is 0.667. The van der Waals surface area contributed by atoms with E-state index in [2.05, 4.69) is 10.2 Å². The summed E-state index contributed by atoms with van der Waals surface area (Å²) >= 11 is 0. The number of rotatable bonds is 6. The second-order valence-corrected chi connectivity index (χ2v) is 7.82. The number of ether oxygens (including phenoxy) is 1. The average Bonchev–Trinajstić information content (AvgIpc) is 2.64. The van der Waals surface area contributed by atoms with E-state index in [4.69, 9.17) is 4.74 Å². The smallest absolute Gasteiger partial charge is 0.217 e. The molecule has 0 aromatic heterocycles. The molecule has 144 valence electrons. The summed E-state index contributed by atoms with van der Waals surface area (Å²) < 4.78 is 18.9. The van der Waals surface area contributed by atoms with Gasteiger partial charge in [-0.1, -0.05) is 0 Å². The molecule has 1 saturated carbocycles. The normalized spacial score (nSPS) is 25.0. The number of hydrogen-bond acceptors (Lipinski definition) is 3. The lowest BCUT2D eigenvalue weighted by molar-refractivity contribution is -0.119. The molecule has 0 unspecified atom stereocenters. The first-order valence-corrected chi connectivity index (χ1v) is 10.00. The Morgan fingerprint density at radius 3 is 2.38 bits per heavy atom. The maximum Gasteiger partial charge on any atom is 0.217 e. The van der Waals surface area contributed by atoms with Crippen molar-refractivity contribution in [2.75, 3.05) is 19.6 Å². The first kappa shape index (κ1) is 19.2. The van der Waals surface area contributed by atoms with Crippen molar-refractivity contribution < 1.29 is 13.9 Å². The summed E-state index contributed by atoms with van der Waals surface area (Å²) in [6, 6.07) is 6.71. The number of nitrogens with zero attached hydrogens (tertiary/aromatic N) is 1. The highest BCUT2D eigenvalue weighted by Gasteiger charge is 2.24. The molecule has 5 heteroatoms. The zero-order valence-corrected chi connectivity index (χ0v) is 15.8. The molecule has 1 aliphatic heterocycles. The van der Waals surface area contributed by atoms with Crippen LogP contribution in [0, 0.1) is 11.7 Å². The van der Waals surface area contributed by atoms with Crippen LogP contribution in [0.25, 0.3) is 0 Å².